The molecule has 47 heavy (non-hydrogen) atoms. The van der Waals surface area contributed by atoms with E-state index in [1.807, 2.05) is 0 Å². The molecule has 2 aliphatic heterocycles. The summed E-state index contributed by atoms with van der Waals surface area (Å²) in [6.07, 6.45) is -8.49. The summed E-state index contributed by atoms with van der Waals surface area (Å²) in [5.74, 6) is -2.36. The van der Waals surface area contributed by atoms with Crippen LogP contribution >= 0.6 is 35.3 Å². The average Bonchev–Trinajstić information content (AvgIpc) is 3.59. The van der Waals surface area contributed by atoms with Crippen molar-refractivity contribution >= 4 is 69.2 Å². The number of carbonyl (C=O) groups excluding carboxylic acids is 2. The molecule has 3 N–H and O–H groups in total. The van der Waals surface area contributed by atoms with Gasteiger partial charge in [-0.3, -0.25) is 14.5 Å². The van der Waals surface area contributed by atoms with E-state index in [-0.39, 0.29) is 56.7 Å². The van der Waals surface area contributed by atoms with E-state index >= 15 is 0 Å². The standard InChI is InChI=1S/C30H23F6N3O5S3/c31-29(32,33)18-7-16(8-19(10-18)30(34,35)36)17-9-22(46-14-17)12-24-26(41)39(28(45)47-24)23(11-21-13-44-6-5-37-21)25(40)38-20-3-1-15(2-4-20)27(42)43/h1-4,7-10,12,14,21,23,37H,5-6,11,13H2,(H,38,40)(H,42,43)/b24-12-/t21?,23-/m0/s1. The molecular weight excluding hydrogens is 693 g/mol. The zero-order valence-electron chi connectivity index (χ0n) is 23.8. The lowest BCUT2D eigenvalue weighted by Crippen LogP contribution is -2.52. The van der Waals surface area contributed by atoms with E-state index in [0.29, 0.717) is 30.2 Å². The number of thioether (sulfide) groups is 1. The van der Waals surface area contributed by atoms with Gasteiger partial charge in [-0.15, -0.1) is 11.3 Å². The molecule has 2 aliphatic rings. The number of morpholine rings is 1. The Morgan fingerprint density at radius 3 is 2.30 bits per heavy atom. The number of benzene rings is 2. The fraction of sp³-hybridized carbons (Fsp3) is 0.267. The molecule has 248 valence electrons. The Kier molecular flexibility index (Phi) is 10.1. The first-order chi connectivity index (χ1) is 22.1. The van der Waals surface area contributed by atoms with E-state index < -0.39 is 47.3 Å². The zero-order valence-corrected chi connectivity index (χ0v) is 26.2. The van der Waals surface area contributed by atoms with Gasteiger partial charge in [-0.1, -0.05) is 24.0 Å². The molecule has 2 amide bonds. The lowest BCUT2D eigenvalue weighted by molar-refractivity contribution is -0.143. The Hall–Kier alpha value is -3.77. The first-order valence-electron chi connectivity index (χ1n) is 13.7. The van der Waals surface area contributed by atoms with E-state index in [2.05, 4.69) is 10.6 Å². The molecule has 2 fully saturated rings. The van der Waals surface area contributed by atoms with Crippen LogP contribution in [-0.2, 0) is 26.7 Å². The summed E-state index contributed by atoms with van der Waals surface area (Å²) < 4.78 is 85.9. The smallest absolute Gasteiger partial charge is 0.416 e. The summed E-state index contributed by atoms with van der Waals surface area (Å²) in [6, 6.07) is 6.67. The number of rotatable bonds is 8. The largest absolute Gasteiger partial charge is 0.478 e. The maximum Gasteiger partial charge on any atom is 0.416 e. The van der Waals surface area contributed by atoms with Crippen LogP contribution in [0.3, 0.4) is 0 Å². The van der Waals surface area contributed by atoms with Crippen LogP contribution in [0.4, 0.5) is 32.0 Å². The van der Waals surface area contributed by atoms with Crippen molar-refractivity contribution in [1.29, 1.82) is 0 Å². The predicted molar refractivity (Wildman–Crippen MR) is 168 cm³/mol. The maximum atomic E-state index is 13.7. The first kappa shape index (κ1) is 34.6. The van der Waals surface area contributed by atoms with Gasteiger partial charge < -0.3 is 20.5 Å². The summed E-state index contributed by atoms with van der Waals surface area (Å²) in [4.78, 5) is 40.0. The predicted octanol–water partition coefficient (Wildman–Crippen LogP) is 6.74. The van der Waals surface area contributed by atoms with E-state index in [0.717, 1.165) is 28.0 Å². The monoisotopic (exact) mass is 715 g/mol. The third kappa shape index (κ3) is 8.21. The molecule has 8 nitrogen and oxygen atoms in total. The third-order valence-electron chi connectivity index (χ3n) is 7.16. The second-order valence-electron chi connectivity index (χ2n) is 10.4. The number of aromatic carboxylic acids is 1. The highest BCUT2D eigenvalue weighted by molar-refractivity contribution is 8.26. The van der Waals surface area contributed by atoms with Crippen LogP contribution in [-0.4, -0.2) is 64.0 Å². The normalized spacial score (nSPS) is 18.9. The molecule has 0 radical (unpaired) electrons. The average molecular weight is 716 g/mol. The van der Waals surface area contributed by atoms with Gasteiger partial charge >= 0.3 is 18.3 Å². The molecule has 17 heteroatoms. The van der Waals surface area contributed by atoms with Crippen molar-refractivity contribution in [1.82, 2.24) is 10.2 Å². The van der Waals surface area contributed by atoms with Gasteiger partial charge in [0, 0.05) is 23.2 Å². The maximum absolute atomic E-state index is 13.7. The third-order valence-corrected chi connectivity index (χ3v) is 9.37. The number of alkyl halides is 6. The number of thiophene rings is 1. The Morgan fingerprint density at radius 2 is 1.72 bits per heavy atom. The van der Waals surface area contributed by atoms with Gasteiger partial charge in [0.15, 0.2) is 0 Å². The van der Waals surface area contributed by atoms with Gasteiger partial charge in [0.2, 0.25) is 5.91 Å². The van der Waals surface area contributed by atoms with Crippen LogP contribution in [0, 0.1) is 0 Å². The van der Waals surface area contributed by atoms with Crippen LogP contribution < -0.4 is 10.6 Å². The molecule has 5 rings (SSSR count). The number of hydrogen-bond acceptors (Lipinski definition) is 8. The van der Waals surface area contributed by atoms with E-state index in [1.165, 1.54) is 41.8 Å². The number of nitrogens with one attached hydrogen (secondary N) is 2. The number of nitrogens with zero attached hydrogens (tertiary/aromatic N) is 1. The van der Waals surface area contributed by atoms with Crippen LogP contribution in [0.15, 0.2) is 58.8 Å². The summed E-state index contributed by atoms with van der Waals surface area (Å²) in [7, 11) is 0. The zero-order chi connectivity index (χ0) is 34.1. The molecule has 2 saturated heterocycles. The second-order valence-corrected chi connectivity index (χ2v) is 13.1. The van der Waals surface area contributed by atoms with Crippen molar-refractivity contribution in [3.05, 3.63) is 80.4 Å². The fourth-order valence-corrected chi connectivity index (χ4v) is 7.14. The molecule has 1 unspecified atom stereocenters. The SMILES string of the molecule is O=C(O)c1ccc(NC(=O)[C@H](CC2COCCN2)N2C(=O)/C(=C/c3cc(-c4cc(C(F)(F)F)cc(C(F)(F)F)c4)cs3)SC2=S)cc1. The van der Waals surface area contributed by atoms with Crippen LogP contribution in [0.5, 0.6) is 0 Å². The minimum absolute atomic E-state index is 0.00997. The first-order valence-corrected chi connectivity index (χ1v) is 15.8. The summed E-state index contributed by atoms with van der Waals surface area (Å²) in [5, 5.41) is 16.4. The van der Waals surface area contributed by atoms with Crippen molar-refractivity contribution < 1.29 is 50.6 Å². The lowest BCUT2D eigenvalue weighted by atomic mass is 10.0. The highest BCUT2D eigenvalue weighted by Crippen LogP contribution is 2.41. The number of hydrogen-bond donors (Lipinski definition) is 3. The number of halogens is 6. The minimum Gasteiger partial charge on any atom is -0.478 e. The van der Waals surface area contributed by atoms with Crippen molar-refractivity contribution in [3.8, 4) is 11.1 Å². The van der Waals surface area contributed by atoms with E-state index in [9.17, 15) is 40.7 Å². The number of ether oxygens (including phenoxy) is 1. The molecule has 2 atom stereocenters. The molecule has 2 aromatic carbocycles. The van der Waals surface area contributed by atoms with Gasteiger partial charge in [-0.05, 0) is 77.5 Å². The highest BCUT2D eigenvalue weighted by Gasteiger charge is 2.42. The summed E-state index contributed by atoms with van der Waals surface area (Å²) in [5.41, 5.74) is -2.82. The number of thiocarbonyl (C=S) groups is 1. The number of carboxylic acid groups (broad SMARTS) is 1. The quantitative estimate of drug-likeness (QED) is 0.134. The van der Waals surface area contributed by atoms with Crippen molar-refractivity contribution in [2.45, 2.75) is 30.9 Å². The summed E-state index contributed by atoms with van der Waals surface area (Å²) in [6.45, 7) is 1.25. The van der Waals surface area contributed by atoms with Gasteiger partial charge in [0.1, 0.15) is 10.4 Å². The number of carbonyl (C=O) groups is 3. The molecule has 3 heterocycles. The molecule has 3 aromatic rings. The van der Waals surface area contributed by atoms with Crippen LogP contribution in [0.2, 0.25) is 0 Å². The molecule has 0 bridgehead atoms. The Labute approximate surface area is 276 Å². The molecule has 0 saturated carbocycles. The fourth-order valence-electron chi connectivity index (χ4n) is 4.87. The molecule has 0 spiro atoms. The van der Waals surface area contributed by atoms with Crippen molar-refractivity contribution in [2.24, 2.45) is 0 Å². The van der Waals surface area contributed by atoms with E-state index in [1.54, 1.807) is 0 Å². The van der Waals surface area contributed by atoms with Crippen LogP contribution in [0.25, 0.3) is 17.2 Å². The summed E-state index contributed by atoms with van der Waals surface area (Å²) >= 11 is 7.38. The number of carboxylic acids is 1. The van der Waals surface area contributed by atoms with Crippen molar-refractivity contribution in [3.63, 3.8) is 0 Å². The lowest BCUT2D eigenvalue weighted by Gasteiger charge is -2.31. The molecule has 1 aromatic heterocycles. The Balaban J connectivity index is 1.41. The van der Waals surface area contributed by atoms with Crippen LogP contribution in [0.1, 0.15) is 32.8 Å². The Morgan fingerprint density at radius 1 is 1.06 bits per heavy atom. The molecule has 0 aliphatic carbocycles. The Bertz CT molecular complexity index is 1700. The van der Waals surface area contributed by atoms with E-state index in [4.69, 9.17) is 22.1 Å². The molecular formula is C30H23F6N3O5S3. The van der Waals surface area contributed by atoms with Gasteiger partial charge in [-0.25, -0.2) is 4.79 Å². The van der Waals surface area contributed by atoms with Gasteiger partial charge in [-0.2, -0.15) is 26.3 Å². The van der Waals surface area contributed by atoms with Crippen molar-refractivity contribution in [2.75, 3.05) is 25.1 Å². The van der Waals surface area contributed by atoms with Gasteiger partial charge in [0.05, 0.1) is 34.8 Å². The number of anilines is 1. The highest BCUT2D eigenvalue weighted by atomic mass is 32.2. The minimum atomic E-state index is -5.01. The second kappa shape index (κ2) is 13.8. The van der Waals surface area contributed by atoms with Gasteiger partial charge in [0.25, 0.3) is 5.91 Å². The number of amides is 2. The topological polar surface area (TPSA) is 108 Å².